The Labute approximate surface area is 105 Å². The molecule has 0 saturated heterocycles. The van der Waals surface area contributed by atoms with E-state index in [0.717, 1.165) is 0 Å². The first-order valence-corrected chi connectivity index (χ1v) is 6.00. The molecule has 0 bridgehead atoms. The molecule has 0 aliphatic heterocycles. The van der Waals surface area contributed by atoms with Gasteiger partial charge < -0.3 is 5.73 Å². The average Bonchev–Trinajstić information content (AvgIpc) is 2.26. The fourth-order valence-corrected chi connectivity index (χ4v) is 1.87. The summed E-state index contributed by atoms with van der Waals surface area (Å²) in [4.78, 5) is 3.95. The standard InChI is InChI=1S/C13H19F3N2/c1-5-8-7-9(17)18-11(12(3,4)6-2)10(8)13(14,15)16/h7H,5-6H2,1-4H3,(H2,17,18). The highest BCUT2D eigenvalue weighted by Crippen LogP contribution is 2.40. The Morgan fingerprint density at radius 2 is 1.78 bits per heavy atom. The Morgan fingerprint density at radius 3 is 2.17 bits per heavy atom. The third-order valence-corrected chi connectivity index (χ3v) is 3.31. The minimum Gasteiger partial charge on any atom is -0.384 e. The number of hydrogen-bond donors (Lipinski definition) is 1. The number of aryl methyl sites for hydroxylation is 1. The average molecular weight is 260 g/mol. The highest BCUT2D eigenvalue weighted by atomic mass is 19.4. The molecule has 0 aliphatic carbocycles. The van der Waals surface area contributed by atoms with Crippen molar-refractivity contribution in [2.75, 3.05) is 5.73 Å². The molecule has 0 fully saturated rings. The fourth-order valence-electron chi connectivity index (χ4n) is 1.87. The van der Waals surface area contributed by atoms with E-state index in [-0.39, 0.29) is 23.5 Å². The van der Waals surface area contributed by atoms with Crippen LogP contribution in [0.1, 0.15) is 50.9 Å². The molecule has 2 N–H and O–H groups in total. The van der Waals surface area contributed by atoms with E-state index in [4.69, 9.17) is 5.73 Å². The molecular formula is C13H19F3N2. The lowest BCUT2D eigenvalue weighted by Gasteiger charge is -2.27. The van der Waals surface area contributed by atoms with E-state index in [0.29, 0.717) is 6.42 Å². The summed E-state index contributed by atoms with van der Waals surface area (Å²) >= 11 is 0. The lowest BCUT2D eigenvalue weighted by atomic mass is 9.82. The van der Waals surface area contributed by atoms with Gasteiger partial charge in [0.15, 0.2) is 0 Å². The molecule has 5 heteroatoms. The SMILES string of the molecule is CCc1cc(N)nc(C(C)(C)CC)c1C(F)(F)F. The van der Waals surface area contributed by atoms with Crippen LogP contribution in [0.15, 0.2) is 6.07 Å². The highest BCUT2D eigenvalue weighted by Gasteiger charge is 2.40. The minimum absolute atomic E-state index is 0.0503. The molecule has 1 aromatic heterocycles. The van der Waals surface area contributed by atoms with E-state index in [9.17, 15) is 13.2 Å². The largest absolute Gasteiger partial charge is 0.418 e. The second kappa shape index (κ2) is 4.78. The van der Waals surface area contributed by atoms with E-state index < -0.39 is 17.2 Å². The lowest BCUT2D eigenvalue weighted by molar-refractivity contribution is -0.139. The van der Waals surface area contributed by atoms with Crippen molar-refractivity contribution in [3.63, 3.8) is 0 Å². The maximum atomic E-state index is 13.2. The van der Waals surface area contributed by atoms with Crippen molar-refractivity contribution in [3.8, 4) is 0 Å². The van der Waals surface area contributed by atoms with Crippen LogP contribution in [-0.2, 0) is 18.0 Å². The van der Waals surface area contributed by atoms with Gasteiger partial charge in [0, 0.05) is 5.41 Å². The van der Waals surface area contributed by atoms with Crippen molar-refractivity contribution < 1.29 is 13.2 Å². The summed E-state index contributed by atoms with van der Waals surface area (Å²) in [6.07, 6.45) is -3.54. The fraction of sp³-hybridized carbons (Fsp3) is 0.615. The van der Waals surface area contributed by atoms with E-state index in [1.165, 1.54) is 6.07 Å². The lowest BCUT2D eigenvalue weighted by Crippen LogP contribution is -2.26. The quantitative estimate of drug-likeness (QED) is 0.894. The zero-order valence-electron chi connectivity index (χ0n) is 11.2. The van der Waals surface area contributed by atoms with Crippen LogP contribution in [0.2, 0.25) is 0 Å². The van der Waals surface area contributed by atoms with Gasteiger partial charge in [-0.25, -0.2) is 4.98 Å². The normalized spacial score (nSPS) is 12.8. The van der Waals surface area contributed by atoms with Crippen LogP contribution in [0, 0.1) is 0 Å². The third-order valence-electron chi connectivity index (χ3n) is 3.31. The van der Waals surface area contributed by atoms with Crippen LogP contribution >= 0.6 is 0 Å². The molecule has 0 atom stereocenters. The summed E-state index contributed by atoms with van der Waals surface area (Å²) in [6.45, 7) is 7.04. The topological polar surface area (TPSA) is 38.9 Å². The maximum absolute atomic E-state index is 13.2. The molecule has 102 valence electrons. The number of pyridine rings is 1. The van der Waals surface area contributed by atoms with Crippen molar-refractivity contribution in [1.82, 2.24) is 4.98 Å². The predicted octanol–water partition coefficient (Wildman–Crippen LogP) is 3.93. The van der Waals surface area contributed by atoms with Crippen molar-refractivity contribution in [2.24, 2.45) is 0 Å². The van der Waals surface area contributed by atoms with E-state index >= 15 is 0 Å². The van der Waals surface area contributed by atoms with Crippen LogP contribution in [0.5, 0.6) is 0 Å². The summed E-state index contributed by atoms with van der Waals surface area (Å²) in [5, 5.41) is 0. The number of anilines is 1. The molecule has 0 aromatic carbocycles. The first kappa shape index (κ1) is 14.8. The minimum atomic E-state index is -4.40. The summed E-state index contributed by atoms with van der Waals surface area (Å²) in [7, 11) is 0. The van der Waals surface area contributed by atoms with Gasteiger partial charge in [-0.2, -0.15) is 13.2 Å². The molecule has 0 radical (unpaired) electrons. The second-order valence-corrected chi connectivity index (χ2v) is 5.02. The monoisotopic (exact) mass is 260 g/mol. The molecule has 0 saturated carbocycles. The molecule has 0 amide bonds. The van der Waals surface area contributed by atoms with Gasteiger partial charge in [0.05, 0.1) is 11.3 Å². The van der Waals surface area contributed by atoms with Crippen LogP contribution in [-0.4, -0.2) is 4.98 Å². The second-order valence-electron chi connectivity index (χ2n) is 5.02. The number of rotatable bonds is 3. The molecule has 0 aliphatic rings. The molecule has 1 heterocycles. The van der Waals surface area contributed by atoms with Gasteiger partial charge in [0.1, 0.15) is 5.82 Å². The molecule has 18 heavy (non-hydrogen) atoms. The highest BCUT2D eigenvalue weighted by molar-refractivity contribution is 5.45. The number of hydrogen-bond acceptors (Lipinski definition) is 2. The van der Waals surface area contributed by atoms with Crippen molar-refractivity contribution in [1.29, 1.82) is 0 Å². The Balaban J connectivity index is 3.63. The number of nitrogens with zero attached hydrogens (tertiary/aromatic N) is 1. The van der Waals surface area contributed by atoms with Gasteiger partial charge >= 0.3 is 6.18 Å². The zero-order valence-corrected chi connectivity index (χ0v) is 11.2. The summed E-state index contributed by atoms with van der Waals surface area (Å²) in [6, 6.07) is 1.32. The third kappa shape index (κ3) is 2.76. The van der Waals surface area contributed by atoms with E-state index in [1.807, 2.05) is 6.92 Å². The molecule has 2 nitrogen and oxygen atoms in total. The Bertz CT molecular complexity index is 437. The summed E-state index contributed by atoms with van der Waals surface area (Å²) in [5.74, 6) is 0.149. The number of nitrogens with two attached hydrogens (primary N) is 1. The smallest absolute Gasteiger partial charge is 0.384 e. The van der Waals surface area contributed by atoms with Crippen LogP contribution in [0.25, 0.3) is 0 Å². The van der Waals surface area contributed by atoms with E-state index in [2.05, 4.69) is 4.98 Å². The molecular weight excluding hydrogens is 241 g/mol. The van der Waals surface area contributed by atoms with Crippen LogP contribution in [0.4, 0.5) is 19.0 Å². The number of aromatic nitrogens is 1. The van der Waals surface area contributed by atoms with Gasteiger partial charge in [-0.05, 0) is 24.5 Å². The van der Waals surface area contributed by atoms with Crippen LogP contribution in [0.3, 0.4) is 0 Å². The first-order chi connectivity index (χ1) is 8.13. The Hall–Kier alpha value is -1.26. The predicted molar refractivity (Wildman–Crippen MR) is 66.3 cm³/mol. The first-order valence-electron chi connectivity index (χ1n) is 6.00. The van der Waals surface area contributed by atoms with Crippen LogP contribution < -0.4 is 5.73 Å². The van der Waals surface area contributed by atoms with Gasteiger partial charge in [-0.1, -0.05) is 27.7 Å². The zero-order chi connectivity index (χ0) is 14.1. The number of nitrogen functional groups attached to an aromatic ring is 1. The molecule has 1 rings (SSSR count). The van der Waals surface area contributed by atoms with E-state index in [1.54, 1.807) is 20.8 Å². The summed E-state index contributed by atoms with van der Waals surface area (Å²) < 4.78 is 39.6. The molecule has 1 aromatic rings. The van der Waals surface area contributed by atoms with Gasteiger partial charge in [-0.15, -0.1) is 0 Å². The van der Waals surface area contributed by atoms with Gasteiger partial charge in [0.25, 0.3) is 0 Å². The van der Waals surface area contributed by atoms with Crippen molar-refractivity contribution in [3.05, 3.63) is 22.9 Å². The maximum Gasteiger partial charge on any atom is 0.418 e. The Morgan fingerprint density at radius 1 is 1.22 bits per heavy atom. The number of alkyl halides is 3. The summed E-state index contributed by atoms with van der Waals surface area (Å²) in [5.41, 5.74) is 4.62. The Kier molecular flexibility index (Phi) is 3.93. The van der Waals surface area contributed by atoms with Crippen molar-refractivity contribution in [2.45, 2.75) is 52.1 Å². The van der Waals surface area contributed by atoms with Gasteiger partial charge in [0.2, 0.25) is 0 Å². The van der Waals surface area contributed by atoms with Crippen molar-refractivity contribution >= 4 is 5.82 Å². The molecule has 0 unspecified atom stereocenters. The molecule has 0 spiro atoms. The number of halogens is 3. The van der Waals surface area contributed by atoms with Gasteiger partial charge in [-0.3, -0.25) is 0 Å².